The second kappa shape index (κ2) is 8.55. The van der Waals surface area contributed by atoms with Crippen molar-refractivity contribution in [3.05, 3.63) is 78.3 Å². The van der Waals surface area contributed by atoms with E-state index in [1.54, 1.807) is 46.6 Å². The molecule has 0 radical (unpaired) electrons. The van der Waals surface area contributed by atoms with Gasteiger partial charge in [0.15, 0.2) is 5.76 Å². The molecule has 1 saturated heterocycles. The van der Waals surface area contributed by atoms with Crippen molar-refractivity contribution in [2.75, 3.05) is 31.5 Å². The molecule has 29 heavy (non-hydrogen) atoms. The van der Waals surface area contributed by atoms with E-state index in [9.17, 15) is 9.59 Å². The number of carbonyl (C=O) groups is 2. The molecule has 8 nitrogen and oxygen atoms in total. The van der Waals surface area contributed by atoms with Crippen LogP contribution in [0.15, 0.2) is 65.7 Å². The van der Waals surface area contributed by atoms with Crippen molar-refractivity contribution < 1.29 is 14.0 Å². The van der Waals surface area contributed by atoms with Gasteiger partial charge in [0.2, 0.25) is 0 Å². The third-order valence-corrected chi connectivity index (χ3v) is 4.79. The average molecular weight is 391 g/mol. The highest BCUT2D eigenvalue weighted by Crippen LogP contribution is 2.13. The lowest BCUT2D eigenvalue weighted by Gasteiger charge is -2.34. The highest BCUT2D eigenvalue weighted by molar-refractivity contribution is 5.93. The summed E-state index contributed by atoms with van der Waals surface area (Å²) in [6, 6.07) is 10.8. The van der Waals surface area contributed by atoms with Crippen LogP contribution in [-0.2, 0) is 6.54 Å². The molecule has 0 bridgehead atoms. The monoisotopic (exact) mass is 391 g/mol. The number of hydrogen-bond acceptors (Lipinski definition) is 6. The number of furan rings is 1. The Morgan fingerprint density at radius 3 is 2.38 bits per heavy atom. The highest BCUT2D eigenvalue weighted by atomic mass is 16.3. The first-order chi connectivity index (χ1) is 14.2. The number of pyridine rings is 2. The summed E-state index contributed by atoms with van der Waals surface area (Å²) in [5.74, 6) is 0.0407. The molecule has 3 aromatic heterocycles. The number of aromatic nitrogens is 2. The number of carbonyl (C=O) groups excluding carboxylic acids is 2. The van der Waals surface area contributed by atoms with Crippen LogP contribution >= 0.6 is 0 Å². The first-order valence-corrected chi connectivity index (χ1v) is 9.41. The second-order valence-corrected chi connectivity index (χ2v) is 6.71. The summed E-state index contributed by atoms with van der Waals surface area (Å²) in [6.45, 7) is 2.50. The minimum atomic E-state index is -0.149. The molecule has 0 aromatic carbocycles. The Labute approximate surface area is 168 Å². The Morgan fingerprint density at radius 2 is 1.76 bits per heavy atom. The van der Waals surface area contributed by atoms with Crippen molar-refractivity contribution in [3.63, 3.8) is 0 Å². The van der Waals surface area contributed by atoms with E-state index in [0.29, 0.717) is 44.2 Å². The van der Waals surface area contributed by atoms with E-state index in [0.717, 1.165) is 11.3 Å². The van der Waals surface area contributed by atoms with E-state index in [4.69, 9.17) is 4.42 Å². The third-order valence-electron chi connectivity index (χ3n) is 4.79. The fourth-order valence-corrected chi connectivity index (χ4v) is 3.16. The second-order valence-electron chi connectivity index (χ2n) is 6.71. The average Bonchev–Trinajstić information content (AvgIpc) is 3.33. The third kappa shape index (κ3) is 4.43. The van der Waals surface area contributed by atoms with Crippen molar-refractivity contribution in [3.8, 4) is 0 Å². The number of nitrogens with zero attached hydrogens (tertiary/aromatic N) is 4. The van der Waals surface area contributed by atoms with E-state index in [-0.39, 0.29) is 11.8 Å². The molecule has 0 atom stereocenters. The number of anilines is 1. The number of hydrogen-bond donors (Lipinski definition) is 1. The summed E-state index contributed by atoms with van der Waals surface area (Å²) < 4.78 is 5.16. The smallest absolute Gasteiger partial charge is 0.289 e. The molecule has 1 fully saturated rings. The van der Waals surface area contributed by atoms with Crippen LogP contribution in [0, 0.1) is 0 Å². The predicted molar refractivity (Wildman–Crippen MR) is 106 cm³/mol. The molecule has 148 valence electrons. The van der Waals surface area contributed by atoms with Gasteiger partial charge in [0, 0.05) is 45.1 Å². The summed E-state index contributed by atoms with van der Waals surface area (Å²) in [7, 11) is 0. The Balaban J connectivity index is 1.30. The highest BCUT2D eigenvalue weighted by Gasteiger charge is 2.27. The normalized spacial score (nSPS) is 13.9. The topological polar surface area (TPSA) is 91.6 Å². The quantitative estimate of drug-likeness (QED) is 0.717. The largest absolute Gasteiger partial charge is 0.459 e. The first kappa shape index (κ1) is 18.7. The summed E-state index contributed by atoms with van der Waals surface area (Å²) in [5.41, 5.74) is 2.29. The van der Waals surface area contributed by atoms with E-state index in [1.807, 2.05) is 18.2 Å². The molecule has 8 heteroatoms. The molecule has 0 unspecified atom stereocenters. The van der Waals surface area contributed by atoms with Crippen molar-refractivity contribution in [1.82, 2.24) is 19.8 Å². The van der Waals surface area contributed by atoms with Gasteiger partial charge in [0.1, 0.15) is 5.69 Å². The van der Waals surface area contributed by atoms with Gasteiger partial charge in [0.25, 0.3) is 11.8 Å². The van der Waals surface area contributed by atoms with Gasteiger partial charge in [-0.3, -0.25) is 14.6 Å². The molecule has 4 rings (SSSR count). The van der Waals surface area contributed by atoms with Crippen LogP contribution in [0.3, 0.4) is 0 Å². The van der Waals surface area contributed by atoms with Gasteiger partial charge in [0.05, 0.1) is 18.1 Å². The lowest BCUT2D eigenvalue weighted by Crippen LogP contribution is -2.50. The van der Waals surface area contributed by atoms with E-state index in [2.05, 4.69) is 15.3 Å². The Kier molecular flexibility index (Phi) is 5.51. The molecule has 3 aromatic rings. The molecule has 2 amide bonds. The molecule has 0 saturated carbocycles. The predicted octanol–water partition coefficient (Wildman–Crippen LogP) is 2.28. The zero-order valence-electron chi connectivity index (χ0n) is 15.8. The molecular formula is C21H21N5O3. The maximum Gasteiger partial charge on any atom is 0.289 e. The van der Waals surface area contributed by atoms with Gasteiger partial charge in [-0.05, 0) is 35.9 Å². The zero-order valence-corrected chi connectivity index (χ0v) is 15.8. The number of rotatable bonds is 5. The maximum absolute atomic E-state index is 12.7. The van der Waals surface area contributed by atoms with Crippen molar-refractivity contribution in [1.29, 1.82) is 0 Å². The summed E-state index contributed by atoms with van der Waals surface area (Å²) >= 11 is 0. The van der Waals surface area contributed by atoms with Gasteiger partial charge < -0.3 is 19.5 Å². The standard InChI is InChI=1S/C21H21N5O3/c27-20(25-8-10-26(11-9-25)21(28)19-4-2-12-29-19)18-6-5-17(15-24-18)23-14-16-3-1-7-22-13-16/h1-7,12-13,15,23H,8-11,14H2. The van der Waals surface area contributed by atoms with Crippen molar-refractivity contribution >= 4 is 17.5 Å². The molecular weight excluding hydrogens is 370 g/mol. The molecule has 0 aliphatic carbocycles. The van der Waals surface area contributed by atoms with Gasteiger partial charge in [-0.2, -0.15) is 0 Å². The fraction of sp³-hybridized carbons (Fsp3) is 0.238. The van der Waals surface area contributed by atoms with E-state index in [1.165, 1.54) is 6.26 Å². The van der Waals surface area contributed by atoms with Crippen LogP contribution in [0.25, 0.3) is 0 Å². The van der Waals surface area contributed by atoms with Gasteiger partial charge in [-0.25, -0.2) is 4.98 Å². The van der Waals surface area contributed by atoms with Crippen molar-refractivity contribution in [2.45, 2.75) is 6.54 Å². The fourth-order valence-electron chi connectivity index (χ4n) is 3.16. The van der Waals surface area contributed by atoms with Crippen LogP contribution < -0.4 is 5.32 Å². The Bertz CT molecular complexity index is 950. The lowest BCUT2D eigenvalue weighted by atomic mass is 10.2. The van der Waals surface area contributed by atoms with E-state index >= 15 is 0 Å². The van der Waals surface area contributed by atoms with Crippen LogP contribution in [0.1, 0.15) is 26.6 Å². The molecule has 1 aliphatic rings. The molecule has 0 spiro atoms. The van der Waals surface area contributed by atoms with Crippen LogP contribution in [0.5, 0.6) is 0 Å². The van der Waals surface area contributed by atoms with Gasteiger partial charge in [-0.1, -0.05) is 6.07 Å². The Morgan fingerprint density at radius 1 is 0.966 bits per heavy atom. The summed E-state index contributed by atoms with van der Waals surface area (Å²) in [4.78, 5) is 36.8. The van der Waals surface area contributed by atoms with Crippen molar-refractivity contribution in [2.24, 2.45) is 0 Å². The summed E-state index contributed by atoms with van der Waals surface area (Å²) in [6.07, 6.45) is 6.67. The first-order valence-electron chi connectivity index (χ1n) is 9.41. The van der Waals surface area contributed by atoms with Gasteiger partial charge >= 0.3 is 0 Å². The molecule has 1 aliphatic heterocycles. The molecule has 1 N–H and O–H groups in total. The number of amides is 2. The number of piperazine rings is 1. The Hall–Kier alpha value is -3.68. The maximum atomic E-state index is 12.7. The van der Waals surface area contributed by atoms with Crippen LogP contribution in [0.4, 0.5) is 5.69 Å². The van der Waals surface area contributed by atoms with E-state index < -0.39 is 0 Å². The minimum absolute atomic E-state index is 0.131. The lowest BCUT2D eigenvalue weighted by molar-refractivity contribution is 0.0515. The SMILES string of the molecule is O=C(c1ccc(NCc2cccnc2)cn1)N1CCN(C(=O)c2ccco2)CC1. The summed E-state index contributed by atoms with van der Waals surface area (Å²) in [5, 5.41) is 3.26. The molecule has 4 heterocycles. The van der Waals surface area contributed by atoms with Gasteiger partial charge in [-0.15, -0.1) is 0 Å². The zero-order chi connectivity index (χ0) is 20.1. The van der Waals surface area contributed by atoms with Crippen LogP contribution in [-0.4, -0.2) is 57.8 Å². The minimum Gasteiger partial charge on any atom is -0.459 e. The number of nitrogens with one attached hydrogen (secondary N) is 1. The van der Waals surface area contributed by atoms with Crippen LogP contribution in [0.2, 0.25) is 0 Å².